The van der Waals surface area contributed by atoms with E-state index >= 15 is 0 Å². The fourth-order valence-corrected chi connectivity index (χ4v) is 4.42. The summed E-state index contributed by atoms with van der Waals surface area (Å²) in [5.74, 6) is 0.227. The Morgan fingerprint density at radius 1 is 1.43 bits per heavy atom. The van der Waals surface area contributed by atoms with E-state index in [0.29, 0.717) is 13.0 Å². The zero-order valence-electron chi connectivity index (χ0n) is 12.5. The molecule has 0 aliphatic carbocycles. The van der Waals surface area contributed by atoms with Gasteiger partial charge in [-0.1, -0.05) is 12.1 Å². The highest BCUT2D eigenvalue weighted by molar-refractivity contribution is 7.91. The Hall–Kier alpha value is -1.56. The molecule has 1 atom stereocenters. The maximum Gasteiger partial charge on any atom is 0.242 e. The van der Waals surface area contributed by atoms with Gasteiger partial charge in [0.1, 0.15) is 0 Å². The summed E-state index contributed by atoms with van der Waals surface area (Å²) in [7, 11) is -2.97. The highest BCUT2D eigenvalue weighted by Gasteiger charge is 2.33. The summed E-state index contributed by atoms with van der Waals surface area (Å²) in [5.41, 5.74) is 2.03. The van der Waals surface area contributed by atoms with Gasteiger partial charge in [0.15, 0.2) is 9.84 Å². The van der Waals surface area contributed by atoms with Crippen molar-refractivity contribution in [1.29, 1.82) is 0 Å². The van der Waals surface area contributed by atoms with E-state index in [1.165, 1.54) is 0 Å². The van der Waals surface area contributed by atoms with Crippen LogP contribution in [0.3, 0.4) is 0 Å². The predicted molar refractivity (Wildman–Crippen MR) is 84.1 cm³/mol. The van der Waals surface area contributed by atoms with Gasteiger partial charge in [0, 0.05) is 18.3 Å². The van der Waals surface area contributed by atoms with Crippen LogP contribution in [0.4, 0.5) is 5.69 Å². The molecule has 0 spiro atoms. The number of hydrogen-bond acceptors (Lipinski definition) is 4. The molecule has 2 rings (SSSR count). The Morgan fingerprint density at radius 3 is 2.76 bits per heavy atom. The Morgan fingerprint density at radius 2 is 2.19 bits per heavy atom. The van der Waals surface area contributed by atoms with Crippen molar-refractivity contribution in [3.8, 4) is 0 Å². The lowest BCUT2D eigenvalue weighted by atomic mass is 10.2. The van der Waals surface area contributed by atoms with Crippen LogP contribution in [0, 0.1) is 6.92 Å². The molecule has 0 radical (unpaired) electrons. The van der Waals surface area contributed by atoms with E-state index in [-0.39, 0.29) is 30.0 Å². The number of rotatable bonds is 5. The van der Waals surface area contributed by atoms with E-state index < -0.39 is 9.84 Å². The molecule has 1 amide bonds. The first-order valence-electron chi connectivity index (χ1n) is 7.21. The number of nitrogens with zero attached hydrogens (tertiary/aromatic N) is 1. The minimum absolute atomic E-state index is 0.0545. The van der Waals surface area contributed by atoms with Crippen LogP contribution in [-0.4, -0.2) is 49.9 Å². The van der Waals surface area contributed by atoms with Gasteiger partial charge in [-0.2, -0.15) is 0 Å². The number of anilines is 1. The van der Waals surface area contributed by atoms with Crippen LogP contribution in [0.25, 0.3) is 0 Å². The van der Waals surface area contributed by atoms with Crippen LogP contribution in [-0.2, 0) is 14.6 Å². The van der Waals surface area contributed by atoms with Crippen molar-refractivity contribution in [2.24, 2.45) is 0 Å². The van der Waals surface area contributed by atoms with Gasteiger partial charge in [-0.25, -0.2) is 8.42 Å². The zero-order valence-corrected chi connectivity index (χ0v) is 13.3. The fourth-order valence-electron chi connectivity index (χ4n) is 2.69. The van der Waals surface area contributed by atoms with Crippen LogP contribution < -0.4 is 5.32 Å². The van der Waals surface area contributed by atoms with Crippen LogP contribution in [0.15, 0.2) is 24.3 Å². The van der Waals surface area contributed by atoms with Crippen LogP contribution in [0.1, 0.15) is 18.9 Å². The molecule has 1 aliphatic rings. The number of aryl methyl sites for hydroxylation is 1. The van der Waals surface area contributed by atoms with Crippen molar-refractivity contribution in [1.82, 2.24) is 4.90 Å². The zero-order chi connectivity index (χ0) is 15.5. The van der Waals surface area contributed by atoms with Gasteiger partial charge in [0.25, 0.3) is 0 Å². The number of likely N-dealkylation sites (N-methyl/N-ethyl adjacent to an activating group) is 1. The molecule has 1 aliphatic heterocycles. The molecule has 1 heterocycles. The number of benzene rings is 1. The summed E-state index contributed by atoms with van der Waals surface area (Å²) in [4.78, 5) is 14.0. The highest BCUT2D eigenvalue weighted by Crippen LogP contribution is 2.18. The molecule has 1 N–H and O–H groups in total. The van der Waals surface area contributed by atoms with E-state index in [1.54, 1.807) is 4.90 Å². The van der Waals surface area contributed by atoms with Crippen molar-refractivity contribution in [2.75, 3.05) is 29.9 Å². The van der Waals surface area contributed by atoms with E-state index in [4.69, 9.17) is 0 Å². The lowest BCUT2D eigenvalue weighted by Gasteiger charge is -2.27. The van der Waals surface area contributed by atoms with E-state index in [1.807, 2.05) is 38.1 Å². The van der Waals surface area contributed by atoms with Gasteiger partial charge < -0.3 is 10.2 Å². The van der Waals surface area contributed by atoms with Gasteiger partial charge in [-0.3, -0.25) is 4.79 Å². The minimum Gasteiger partial charge on any atom is -0.376 e. The Balaban J connectivity index is 1.95. The molecule has 1 unspecified atom stereocenters. The monoisotopic (exact) mass is 310 g/mol. The molecular formula is C15H22N2O3S. The molecular weight excluding hydrogens is 288 g/mol. The number of nitrogens with one attached hydrogen (secondary N) is 1. The van der Waals surface area contributed by atoms with Gasteiger partial charge in [-0.05, 0) is 38.0 Å². The summed E-state index contributed by atoms with van der Waals surface area (Å²) in [6.07, 6.45) is 0.548. The first kappa shape index (κ1) is 15.8. The molecule has 1 aromatic rings. The van der Waals surface area contributed by atoms with E-state index in [2.05, 4.69) is 5.32 Å². The summed E-state index contributed by atoms with van der Waals surface area (Å²) in [6, 6.07) is 7.64. The van der Waals surface area contributed by atoms with Gasteiger partial charge in [0.2, 0.25) is 5.91 Å². The summed E-state index contributed by atoms with van der Waals surface area (Å²) in [6.45, 7) is 4.60. The number of carbonyl (C=O) groups excluding carboxylic acids is 1. The smallest absolute Gasteiger partial charge is 0.242 e. The van der Waals surface area contributed by atoms with Crippen LogP contribution in [0.5, 0.6) is 0 Å². The lowest BCUT2D eigenvalue weighted by molar-refractivity contribution is -0.130. The first-order chi connectivity index (χ1) is 9.91. The normalized spacial score (nSPS) is 20.2. The van der Waals surface area contributed by atoms with E-state index in [9.17, 15) is 13.2 Å². The third-order valence-electron chi connectivity index (χ3n) is 3.77. The number of hydrogen-bond donors (Lipinski definition) is 1. The second kappa shape index (κ2) is 6.47. The summed E-state index contributed by atoms with van der Waals surface area (Å²) < 4.78 is 23.1. The lowest BCUT2D eigenvalue weighted by Crippen LogP contribution is -2.43. The molecule has 0 aromatic heterocycles. The van der Waals surface area contributed by atoms with Crippen LogP contribution in [0.2, 0.25) is 0 Å². The average Bonchev–Trinajstić information content (AvgIpc) is 2.77. The first-order valence-corrected chi connectivity index (χ1v) is 9.04. The van der Waals surface area contributed by atoms with Crippen molar-refractivity contribution < 1.29 is 13.2 Å². The molecule has 5 nitrogen and oxygen atoms in total. The summed E-state index contributed by atoms with van der Waals surface area (Å²) >= 11 is 0. The average molecular weight is 310 g/mol. The number of amides is 1. The van der Waals surface area contributed by atoms with Crippen molar-refractivity contribution in [3.05, 3.63) is 29.8 Å². The Bertz CT molecular complexity index is 613. The van der Waals surface area contributed by atoms with Crippen molar-refractivity contribution >= 4 is 21.4 Å². The van der Waals surface area contributed by atoms with E-state index in [0.717, 1.165) is 11.3 Å². The second-order valence-electron chi connectivity index (χ2n) is 5.46. The number of sulfone groups is 1. The second-order valence-corrected chi connectivity index (χ2v) is 7.69. The standard InChI is InChI=1S/C15H22N2O3S/c1-3-17(14-7-8-21(19,20)11-14)15(18)10-16-13-6-4-5-12(2)9-13/h4-6,9,14,16H,3,7-8,10-11H2,1-2H3. The third-order valence-corrected chi connectivity index (χ3v) is 5.52. The molecule has 6 heteroatoms. The number of carbonyl (C=O) groups is 1. The molecule has 116 valence electrons. The topological polar surface area (TPSA) is 66.5 Å². The van der Waals surface area contributed by atoms with Crippen LogP contribution >= 0.6 is 0 Å². The highest BCUT2D eigenvalue weighted by atomic mass is 32.2. The third kappa shape index (κ3) is 4.20. The molecule has 1 fully saturated rings. The molecule has 21 heavy (non-hydrogen) atoms. The van der Waals surface area contributed by atoms with Gasteiger partial charge in [0.05, 0.1) is 18.1 Å². The quantitative estimate of drug-likeness (QED) is 0.894. The predicted octanol–water partition coefficient (Wildman–Crippen LogP) is 1.44. The Kier molecular flexibility index (Phi) is 4.88. The SMILES string of the molecule is CCN(C(=O)CNc1cccc(C)c1)C1CCS(=O)(=O)C1. The Labute approximate surface area is 126 Å². The molecule has 1 saturated heterocycles. The maximum absolute atomic E-state index is 12.3. The van der Waals surface area contributed by atoms with Gasteiger partial charge >= 0.3 is 0 Å². The molecule has 0 bridgehead atoms. The molecule has 1 aromatic carbocycles. The fraction of sp³-hybridized carbons (Fsp3) is 0.533. The van der Waals surface area contributed by atoms with Crippen molar-refractivity contribution in [3.63, 3.8) is 0 Å². The molecule has 0 saturated carbocycles. The summed E-state index contributed by atoms with van der Waals surface area (Å²) in [5, 5.41) is 3.10. The van der Waals surface area contributed by atoms with Gasteiger partial charge in [-0.15, -0.1) is 0 Å². The minimum atomic E-state index is -2.97. The largest absolute Gasteiger partial charge is 0.376 e. The van der Waals surface area contributed by atoms with Crippen molar-refractivity contribution in [2.45, 2.75) is 26.3 Å². The maximum atomic E-state index is 12.3.